The first-order valence-electron chi connectivity index (χ1n) is 5.89. The minimum atomic E-state index is -1.07. The van der Waals surface area contributed by atoms with Crippen LogP contribution in [0.5, 0.6) is 0 Å². The van der Waals surface area contributed by atoms with Crippen molar-refractivity contribution in [3.05, 3.63) is 36.2 Å². The number of amides is 2. The average Bonchev–Trinajstić information content (AvgIpc) is 3.07. The number of rotatable bonds is 6. The molecule has 0 aliphatic heterocycles. The van der Waals surface area contributed by atoms with Gasteiger partial charge in [0.05, 0.1) is 12.5 Å². The molecule has 2 amide bonds. The highest BCUT2D eigenvalue weighted by molar-refractivity contribution is 5.84. The summed E-state index contributed by atoms with van der Waals surface area (Å²) in [6.07, 6.45) is 6.14. The van der Waals surface area contributed by atoms with Crippen LogP contribution in [0.3, 0.4) is 0 Å². The van der Waals surface area contributed by atoms with Gasteiger partial charge in [-0.25, -0.2) is 14.6 Å². The van der Waals surface area contributed by atoms with Crippen LogP contribution in [-0.4, -0.2) is 43.4 Å². The zero-order chi connectivity index (χ0) is 14.4. The van der Waals surface area contributed by atoms with Crippen LogP contribution in [0.1, 0.15) is 16.1 Å². The van der Waals surface area contributed by atoms with E-state index < -0.39 is 5.97 Å². The quantitative estimate of drug-likeness (QED) is 0.582. The smallest absolute Gasteiger partial charge is 0.356 e. The number of aromatic amines is 1. The minimum absolute atomic E-state index is 0.0191. The Kier molecular flexibility index (Phi) is 4.32. The number of H-pyrrole nitrogens is 1. The predicted molar refractivity (Wildman–Crippen MR) is 68.0 cm³/mol. The monoisotopic (exact) mass is 278 g/mol. The first-order valence-corrected chi connectivity index (χ1v) is 5.89. The highest BCUT2D eigenvalue weighted by Gasteiger charge is 2.06. The molecule has 0 bridgehead atoms. The van der Waals surface area contributed by atoms with Gasteiger partial charge in [0.25, 0.3) is 0 Å². The molecule has 9 heteroatoms. The number of aromatic nitrogens is 4. The molecule has 0 spiro atoms. The maximum atomic E-state index is 11.5. The van der Waals surface area contributed by atoms with E-state index in [2.05, 4.69) is 25.8 Å². The van der Waals surface area contributed by atoms with Gasteiger partial charge in [-0.15, -0.1) is 0 Å². The number of hydrogen-bond donors (Lipinski definition) is 4. The normalized spacial score (nSPS) is 10.2. The number of carboxylic acids is 1. The summed E-state index contributed by atoms with van der Waals surface area (Å²) in [5.41, 5.74) is 0.857. The van der Waals surface area contributed by atoms with Crippen molar-refractivity contribution in [2.45, 2.75) is 13.1 Å². The molecule has 0 unspecified atom stereocenters. The molecule has 106 valence electrons. The zero-order valence-electron chi connectivity index (χ0n) is 10.5. The first kappa shape index (κ1) is 13.6. The van der Waals surface area contributed by atoms with Crippen molar-refractivity contribution in [2.24, 2.45) is 0 Å². The lowest BCUT2D eigenvalue weighted by Crippen LogP contribution is -2.36. The Morgan fingerprint density at radius 1 is 1.40 bits per heavy atom. The Labute approximate surface area is 114 Å². The van der Waals surface area contributed by atoms with Gasteiger partial charge in [0.15, 0.2) is 5.69 Å². The van der Waals surface area contributed by atoms with Gasteiger partial charge in [0, 0.05) is 37.6 Å². The van der Waals surface area contributed by atoms with E-state index in [0.717, 1.165) is 5.56 Å². The number of nitrogens with one attached hydrogen (secondary N) is 3. The molecule has 0 aromatic carbocycles. The molecule has 9 nitrogen and oxygen atoms in total. The Bertz CT molecular complexity index is 577. The molecule has 0 aliphatic rings. The van der Waals surface area contributed by atoms with E-state index in [1.54, 1.807) is 17.0 Å². The van der Waals surface area contributed by atoms with Crippen LogP contribution >= 0.6 is 0 Å². The first-order chi connectivity index (χ1) is 9.65. The fourth-order valence-corrected chi connectivity index (χ4v) is 1.51. The molecule has 0 radical (unpaired) electrons. The highest BCUT2D eigenvalue weighted by Crippen LogP contribution is 1.95. The van der Waals surface area contributed by atoms with Crippen molar-refractivity contribution in [1.82, 2.24) is 30.4 Å². The molecule has 0 aliphatic carbocycles. The number of carbonyl (C=O) groups excluding carboxylic acids is 1. The molecule has 0 saturated carbocycles. The molecule has 2 rings (SSSR count). The summed E-state index contributed by atoms with van der Waals surface area (Å²) in [5.74, 6) is -1.07. The lowest BCUT2D eigenvalue weighted by Gasteiger charge is -2.06. The van der Waals surface area contributed by atoms with Crippen molar-refractivity contribution < 1.29 is 14.7 Å². The van der Waals surface area contributed by atoms with E-state index in [1.807, 2.05) is 0 Å². The van der Waals surface area contributed by atoms with Gasteiger partial charge in [0.2, 0.25) is 0 Å². The van der Waals surface area contributed by atoms with E-state index in [1.165, 1.54) is 12.5 Å². The highest BCUT2D eigenvalue weighted by atomic mass is 16.4. The van der Waals surface area contributed by atoms with Gasteiger partial charge in [0.1, 0.15) is 0 Å². The largest absolute Gasteiger partial charge is 0.476 e. The molecule has 0 fully saturated rings. The number of hydrogen-bond acceptors (Lipinski definition) is 4. The average molecular weight is 278 g/mol. The van der Waals surface area contributed by atoms with Crippen LogP contribution in [0.4, 0.5) is 4.79 Å². The summed E-state index contributed by atoms with van der Waals surface area (Å²) in [6, 6.07) is -0.301. The number of carboxylic acid groups (broad SMARTS) is 1. The molecule has 0 saturated heterocycles. The third-order valence-electron chi connectivity index (χ3n) is 2.52. The Morgan fingerprint density at radius 3 is 2.90 bits per heavy atom. The molecule has 4 N–H and O–H groups in total. The van der Waals surface area contributed by atoms with Crippen molar-refractivity contribution in [3.8, 4) is 0 Å². The maximum absolute atomic E-state index is 11.5. The molecule has 2 aromatic rings. The lowest BCUT2D eigenvalue weighted by molar-refractivity contribution is 0.0691. The molecule has 2 aromatic heterocycles. The topological polar surface area (TPSA) is 125 Å². The van der Waals surface area contributed by atoms with Crippen molar-refractivity contribution in [1.29, 1.82) is 0 Å². The minimum Gasteiger partial charge on any atom is -0.476 e. The van der Waals surface area contributed by atoms with Crippen molar-refractivity contribution in [3.63, 3.8) is 0 Å². The number of urea groups is 1. The van der Waals surface area contributed by atoms with Crippen LogP contribution in [-0.2, 0) is 13.1 Å². The zero-order valence-corrected chi connectivity index (χ0v) is 10.5. The number of aromatic carboxylic acids is 1. The third kappa shape index (κ3) is 3.83. The van der Waals surface area contributed by atoms with E-state index in [-0.39, 0.29) is 11.7 Å². The van der Waals surface area contributed by atoms with Gasteiger partial charge in [-0.1, -0.05) is 0 Å². The van der Waals surface area contributed by atoms with Gasteiger partial charge in [-0.05, 0) is 0 Å². The second-order valence-corrected chi connectivity index (χ2v) is 4.02. The fourth-order valence-electron chi connectivity index (χ4n) is 1.51. The van der Waals surface area contributed by atoms with Crippen LogP contribution in [0, 0.1) is 0 Å². The lowest BCUT2D eigenvalue weighted by atomic mass is 10.4. The molecule has 0 atom stereocenters. The van der Waals surface area contributed by atoms with E-state index in [0.29, 0.717) is 19.6 Å². The number of nitrogens with zero attached hydrogens (tertiary/aromatic N) is 3. The second-order valence-electron chi connectivity index (χ2n) is 4.02. The molecule has 20 heavy (non-hydrogen) atoms. The standard InChI is InChI=1S/C11H14N6O3/c18-10(19)9-6-17(7-14-9)2-1-12-11(20)13-3-8-4-15-16-5-8/h4-7H,1-3H2,(H,15,16)(H,18,19)(H2,12,13,20). The van der Waals surface area contributed by atoms with Crippen LogP contribution in [0.15, 0.2) is 24.9 Å². The Balaban J connectivity index is 1.67. The SMILES string of the molecule is O=C(NCCn1cnc(C(=O)O)c1)NCc1cn[nH]c1. The van der Waals surface area contributed by atoms with Crippen LogP contribution < -0.4 is 10.6 Å². The van der Waals surface area contributed by atoms with E-state index >= 15 is 0 Å². The van der Waals surface area contributed by atoms with Crippen molar-refractivity contribution in [2.75, 3.05) is 6.54 Å². The molecular weight excluding hydrogens is 264 g/mol. The Morgan fingerprint density at radius 2 is 2.25 bits per heavy atom. The Hall–Kier alpha value is -2.84. The fraction of sp³-hybridized carbons (Fsp3) is 0.273. The summed E-state index contributed by atoms with van der Waals surface area (Å²) in [7, 11) is 0. The predicted octanol–water partition coefficient (Wildman–Crippen LogP) is -0.196. The van der Waals surface area contributed by atoms with E-state index in [9.17, 15) is 9.59 Å². The molecular formula is C11H14N6O3. The van der Waals surface area contributed by atoms with Gasteiger partial charge in [-0.2, -0.15) is 5.10 Å². The van der Waals surface area contributed by atoms with Gasteiger partial charge in [-0.3, -0.25) is 5.10 Å². The van der Waals surface area contributed by atoms with Crippen LogP contribution in [0.2, 0.25) is 0 Å². The van der Waals surface area contributed by atoms with Crippen molar-refractivity contribution >= 4 is 12.0 Å². The van der Waals surface area contributed by atoms with Gasteiger partial charge >= 0.3 is 12.0 Å². The maximum Gasteiger partial charge on any atom is 0.356 e. The number of carbonyl (C=O) groups is 2. The van der Waals surface area contributed by atoms with E-state index in [4.69, 9.17) is 5.11 Å². The summed E-state index contributed by atoms with van der Waals surface area (Å²) in [4.78, 5) is 25.8. The third-order valence-corrected chi connectivity index (χ3v) is 2.52. The molecule has 2 heterocycles. The summed E-state index contributed by atoms with van der Waals surface area (Å²) in [6.45, 7) is 1.20. The van der Waals surface area contributed by atoms with Crippen LogP contribution in [0.25, 0.3) is 0 Å². The summed E-state index contributed by atoms with van der Waals surface area (Å²) >= 11 is 0. The second kappa shape index (κ2) is 6.36. The number of imidazole rings is 1. The van der Waals surface area contributed by atoms with Gasteiger partial charge < -0.3 is 20.3 Å². The summed E-state index contributed by atoms with van der Waals surface area (Å²) in [5, 5.41) is 20.4. The summed E-state index contributed by atoms with van der Waals surface area (Å²) < 4.78 is 1.60.